The topological polar surface area (TPSA) is 12.4 Å². The first-order chi connectivity index (χ1) is 3.29. The minimum Gasteiger partial charge on any atom is -0.245 e. The summed E-state index contributed by atoms with van der Waals surface area (Å²) < 4.78 is 0. The number of rotatable bonds is 0. The van der Waals surface area contributed by atoms with Crippen molar-refractivity contribution in [2.75, 3.05) is 6.26 Å². The maximum absolute atomic E-state index is 3.96. The molecule has 1 nitrogen and oxygen atoms in total. The number of allylic oxidation sites excluding steroid dienone is 1. The summed E-state index contributed by atoms with van der Waals surface area (Å²) in [4.78, 5) is 3.96. The molecule has 1 heterocycles. The molecule has 7 heavy (non-hydrogen) atoms. The molecule has 0 saturated heterocycles. The Balaban J connectivity index is 2.69. The molecule has 0 aliphatic carbocycles. The molecule has 0 aromatic heterocycles. The molecule has 0 N–H and O–H groups in total. The Morgan fingerprint density at radius 3 is 2.71 bits per heavy atom. The zero-order valence-corrected chi connectivity index (χ0v) is 5.37. The van der Waals surface area contributed by atoms with Gasteiger partial charge in [-0.1, -0.05) is 0 Å². The van der Waals surface area contributed by atoms with E-state index in [0.717, 1.165) is 5.70 Å². The molecular weight excluding hydrogens is 106 g/mol. The second kappa shape index (κ2) is 1.70. The van der Waals surface area contributed by atoms with Gasteiger partial charge in [0.25, 0.3) is 0 Å². The van der Waals surface area contributed by atoms with Crippen LogP contribution in [0.5, 0.6) is 0 Å². The van der Waals surface area contributed by atoms with Crippen molar-refractivity contribution in [1.82, 2.24) is 0 Å². The van der Waals surface area contributed by atoms with E-state index < -0.39 is 0 Å². The summed E-state index contributed by atoms with van der Waals surface area (Å²) in [6.45, 7) is 2.00. The molecule has 39 valence electrons. The van der Waals surface area contributed by atoms with Crippen molar-refractivity contribution >= 4 is 16.4 Å². The molecule has 0 aromatic rings. The molecule has 1 rings (SSSR count). The third-order valence-electron chi connectivity index (χ3n) is 0.765. The minimum atomic E-state index is -0.0831. The van der Waals surface area contributed by atoms with Gasteiger partial charge in [-0.05, 0) is 18.6 Å². The molecule has 0 amide bonds. The lowest BCUT2D eigenvalue weighted by molar-refractivity contribution is 1.35. The summed E-state index contributed by atoms with van der Waals surface area (Å²) in [5.74, 6) is 0. The summed E-state index contributed by atoms with van der Waals surface area (Å²) in [6.07, 6.45) is 2.13. The number of aliphatic imine (C=N–C) groups is 1. The smallest absolute Gasteiger partial charge is 0.111 e. The zero-order chi connectivity index (χ0) is 5.28. The number of hydrogen-bond acceptors (Lipinski definition) is 1. The van der Waals surface area contributed by atoms with E-state index in [1.54, 1.807) is 0 Å². The molecule has 0 spiro atoms. The fraction of sp³-hybridized carbons (Fsp3) is 0.400. The Labute approximate surface area is 46.5 Å². The van der Waals surface area contributed by atoms with Crippen molar-refractivity contribution in [3.8, 4) is 0 Å². The van der Waals surface area contributed by atoms with E-state index in [1.807, 2.05) is 6.92 Å². The van der Waals surface area contributed by atoms with Gasteiger partial charge in [-0.25, -0.2) is 4.99 Å². The van der Waals surface area contributed by atoms with E-state index in [-0.39, 0.29) is 10.9 Å². The van der Waals surface area contributed by atoms with E-state index in [1.165, 1.54) is 0 Å². The Bertz CT molecular complexity index is 126. The van der Waals surface area contributed by atoms with Gasteiger partial charge in [0.15, 0.2) is 0 Å². The van der Waals surface area contributed by atoms with Crippen LogP contribution in [0.2, 0.25) is 0 Å². The maximum atomic E-state index is 3.96. The molecule has 1 aliphatic rings. The molecule has 1 atom stereocenters. The molecule has 2 heteroatoms. The highest BCUT2D eigenvalue weighted by atomic mass is 32.2. The van der Waals surface area contributed by atoms with Gasteiger partial charge in [0.1, 0.15) is 5.55 Å². The summed E-state index contributed by atoms with van der Waals surface area (Å²) in [5.41, 5.74) is 4.09. The fourth-order valence-electron chi connectivity index (χ4n) is 0.496. The van der Waals surface area contributed by atoms with Crippen LogP contribution in [0.1, 0.15) is 6.92 Å². The predicted molar refractivity (Wildman–Crippen MR) is 36.1 cm³/mol. The summed E-state index contributed by atoms with van der Waals surface area (Å²) in [5, 5.41) is 2.15. The number of thiol groups is 1. The molecule has 0 bridgehead atoms. The Hall–Kier alpha value is -0.240. The standard InChI is InChI=1S/C5H8NS/c1-5-3-7(2)4-6-5/h3,7H,1-2H3. The van der Waals surface area contributed by atoms with E-state index in [9.17, 15) is 0 Å². The van der Waals surface area contributed by atoms with Gasteiger partial charge in [-0.3, -0.25) is 0 Å². The Kier molecular flexibility index (Phi) is 1.19. The van der Waals surface area contributed by atoms with Crippen molar-refractivity contribution in [3.05, 3.63) is 11.1 Å². The summed E-state index contributed by atoms with van der Waals surface area (Å²) >= 11 is 0. The van der Waals surface area contributed by atoms with E-state index in [4.69, 9.17) is 0 Å². The predicted octanol–water partition coefficient (Wildman–Crippen LogP) is 1.40. The van der Waals surface area contributed by atoms with Gasteiger partial charge in [0.2, 0.25) is 0 Å². The van der Waals surface area contributed by atoms with Crippen LogP contribution in [0.4, 0.5) is 0 Å². The normalized spacial score (nSPS) is 33.4. The highest BCUT2D eigenvalue weighted by molar-refractivity contribution is 8.30. The molecule has 0 fully saturated rings. The lowest BCUT2D eigenvalue weighted by Crippen LogP contribution is -1.60. The first kappa shape index (κ1) is 4.91. The molecule has 0 saturated carbocycles. The molecule has 1 aliphatic heterocycles. The van der Waals surface area contributed by atoms with Crippen molar-refractivity contribution < 1.29 is 0 Å². The van der Waals surface area contributed by atoms with Gasteiger partial charge in [-0.2, -0.15) is 10.9 Å². The van der Waals surface area contributed by atoms with Gasteiger partial charge in [-0.15, -0.1) is 0 Å². The summed E-state index contributed by atoms with van der Waals surface area (Å²) in [6, 6.07) is 0. The van der Waals surface area contributed by atoms with Crippen LogP contribution in [0, 0.1) is 0 Å². The Morgan fingerprint density at radius 2 is 2.57 bits per heavy atom. The quantitative estimate of drug-likeness (QED) is 0.457. The highest BCUT2D eigenvalue weighted by Crippen LogP contribution is 2.25. The van der Waals surface area contributed by atoms with E-state index >= 15 is 0 Å². The van der Waals surface area contributed by atoms with Gasteiger partial charge in [0.05, 0.1) is 0 Å². The third kappa shape index (κ3) is 1.06. The highest BCUT2D eigenvalue weighted by Gasteiger charge is 1.95. The van der Waals surface area contributed by atoms with Gasteiger partial charge in [0, 0.05) is 5.70 Å². The van der Waals surface area contributed by atoms with Crippen molar-refractivity contribution in [3.63, 3.8) is 0 Å². The fourth-order valence-corrected chi connectivity index (χ4v) is 1.49. The largest absolute Gasteiger partial charge is 0.245 e. The second-order valence-corrected chi connectivity index (χ2v) is 3.27. The lowest BCUT2D eigenvalue weighted by atomic mass is 10.6. The van der Waals surface area contributed by atoms with Crippen LogP contribution in [-0.4, -0.2) is 11.8 Å². The van der Waals surface area contributed by atoms with Gasteiger partial charge < -0.3 is 0 Å². The molecular formula is C5H8NS. The van der Waals surface area contributed by atoms with Crippen LogP contribution >= 0.6 is 10.9 Å². The van der Waals surface area contributed by atoms with Gasteiger partial charge >= 0.3 is 0 Å². The molecule has 1 radical (unpaired) electrons. The number of nitrogens with zero attached hydrogens (tertiary/aromatic N) is 1. The average Bonchev–Trinajstić information content (AvgIpc) is 1.87. The van der Waals surface area contributed by atoms with Crippen LogP contribution in [0.25, 0.3) is 0 Å². The average molecular weight is 114 g/mol. The van der Waals surface area contributed by atoms with E-state index in [0.29, 0.717) is 0 Å². The van der Waals surface area contributed by atoms with Crippen molar-refractivity contribution in [1.29, 1.82) is 0 Å². The maximum Gasteiger partial charge on any atom is 0.111 e. The minimum absolute atomic E-state index is 0.0831. The number of hydrogen-bond donors (Lipinski definition) is 1. The van der Waals surface area contributed by atoms with E-state index in [2.05, 4.69) is 22.2 Å². The monoisotopic (exact) mass is 114 g/mol. The van der Waals surface area contributed by atoms with Crippen molar-refractivity contribution in [2.45, 2.75) is 6.92 Å². The van der Waals surface area contributed by atoms with Crippen molar-refractivity contribution in [2.24, 2.45) is 4.99 Å². The second-order valence-electron chi connectivity index (χ2n) is 1.59. The van der Waals surface area contributed by atoms with Crippen LogP contribution in [0.3, 0.4) is 0 Å². The van der Waals surface area contributed by atoms with Crippen LogP contribution in [0.15, 0.2) is 16.1 Å². The SMILES string of the molecule is CC1=C[SH](C)[C]=N1. The molecule has 0 aromatic carbocycles. The lowest BCUT2D eigenvalue weighted by Gasteiger charge is -1.89. The Morgan fingerprint density at radius 1 is 1.86 bits per heavy atom. The first-order valence-corrected chi connectivity index (χ1v) is 4.02. The first-order valence-electron chi connectivity index (χ1n) is 2.16. The molecule has 1 unspecified atom stereocenters. The summed E-state index contributed by atoms with van der Waals surface area (Å²) in [7, 11) is -0.0831. The third-order valence-corrected chi connectivity index (χ3v) is 1.94. The zero-order valence-electron chi connectivity index (χ0n) is 4.47. The van der Waals surface area contributed by atoms with Crippen LogP contribution < -0.4 is 0 Å². The van der Waals surface area contributed by atoms with Crippen LogP contribution in [-0.2, 0) is 0 Å².